The molecule has 0 aliphatic carbocycles. The number of rotatable bonds is 2. The number of esters is 1. The smallest absolute Gasteiger partial charge is 0.360 e. The first-order valence-corrected chi connectivity index (χ1v) is 7.71. The van der Waals surface area contributed by atoms with Gasteiger partial charge in [-0.2, -0.15) is 0 Å². The summed E-state index contributed by atoms with van der Waals surface area (Å²) in [6.45, 7) is 0. The zero-order valence-corrected chi connectivity index (χ0v) is 11.8. The van der Waals surface area contributed by atoms with Crippen LogP contribution in [0, 0.1) is 0 Å². The molecule has 4 nitrogen and oxygen atoms in total. The summed E-state index contributed by atoms with van der Waals surface area (Å²) in [5.74, 6) is -0.421. The van der Waals surface area contributed by atoms with Gasteiger partial charge in [-0.1, -0.05) is 12.1 Å². The Balaban J connectivity index is 2.07. The quantitative estimate of drug-likeness (QED) is 0.683. The van der Waals surface area contributed by atoms with E-state index in [-0.39, 0.29) is 0 Å². The van der Waals surface area contributed by atoms with Crippen LogP contribution in [0.4, 0.5) is 0 Å². The summed E-state index contributed by atoms with van der Waals surface area (Å²) in [6.07, 6.45) is 3.11. The van der Waals surface area contributed by atoms with Gasteiger partial charge in [-0.15, -0.1) is 22.7 Å². The molecule has 0 saturated heterocycles. The van der Waals surface area contributed by atoms with Crippen molar-refractivity contribution in [3.63, 3.8) is 0 Å². The summed E-state index contributed by atoms with van der Waals surface area (Å²) in [4.78, 5) is 22.5. The topological polar surface area (TPSA) is 52.1 Å². The molecular weight excluding hydrogens is 292 g/mol. The average Bonchev–Trinajstić information content (AvgIpc) is 3.20. The SMILES string of the molecule is O=C1OC(c2cccs2)(c2cccs2)c2nccnc21. The Morgan fingerprint density at radius 2 is 1.65 bits per heavy atom. The van der Waals surface area contributed by atoms with Gasteiger partial charge in [0, 0.05) is 12.4 Å². The van der Waals surface area contributed by atoms with Crippen LogP contribution in [0.25, 0.3) is 0 Å². The zero-order chi connectivity index (χ0) is 13.6. The second-order valence-electron chi connectivity index (χ2n) is 4.28. The third kappa shape index (κ3) is 1.43. The fourth-order valence-corrected chi connectivity index (χ4v) is 4.21. The molecule has 0 fully saturated rings. The molecule has 1 aliphatic rings. The second-order valence-corrected chi connectivity index (χ2v) is 6.17. The van der Waals surface area contributed by atoms with Crippen molar-refractivity contribution < 1.29 is 9.53 Å². The van der Waals surface area contributed by atoms with Gasteiger partial charge in [-0.25, -0.2) is 9.78 Å². The summed E-state index contributed by atoms with van der Waals surface area (Å²) in [6, 6.07) is 7.80. The normalized spacial score (nSPS) is 15.9. The molecule has 0 N–H and O–H groups in total. The van der Waals surface area contributed by atoms with Gasteiger partial charge in [0.25, 0.3) is 0 Å². The minimum absolute atomic E-state index is 0.300. The number of thiophene rings is 2. The van der Waals surface area contributed by atoms with Crippen molar-refractivity contribution in [1.82, 2.24) is 9.97 Å². The summed E-state index contributed by atoms with van der Waals surface area (Å²) >= 11 is 3.09. The first-order valence-electron chi connectivity index (χ1n) is 5.95. The predicted octanol–water partition coefficient (Wildman–Crippen LogP) is 3.06. The van der Waals surface area contributed by atoms with Gasteiger partial charge in [0.2, 0.25) is 5.60 Å². The number of carbonyl (C=O) groups excluding carboxylic acids is 1. The molecular formula is C14H8N2O2S2. The number of hydrogen-bond acceptors (Lipinski definition) is 6. The number of ether oxygens (including phenoxy) is 1. The van der Waals surface area contributed by atoms with E-state index >= 15 is 0 Å². The lowest BCUT2D eigenvalue weighted by Crippen LogP contribution is -2.28. The monoisotopic (exact) mass is 300 g/mol. The van der Waals surface area contributed by atoms with Gasteiger partial charge in [0.05, 0.1) is 9.75 Å². The second kappa shape index (κ2) is 4.22. The number of fused-ring (bicyclic) bond motifs is 1. The van der Waals surface area contributed by atoms with Crippen LogP contribution in [0.5, 0.6) is 0 Å². The van der Waals surface area contributed by atoms with Crippen molar-refractivity contribution in [1.29, 1.82) is 0 Å². The highest BCUT2D eigenvalue weighted by molar-refractivity contribution is 7.11. The van der Waals surface area contributed by atoms with Crippen LogP contribution in [0.1, 0.15) is 25.9 Å². The predicted molar refractivity (Wildman–Crippen MR) is 76.0 cm³/mol. The Kier molecular flexibility index (Phi) is 2.48. The van der Waals surface area contributed by atoms with Crippen LogP contribution in [0.3, 0.4) is 0 Å². The molecule has 1 aliphatic heterocycles. The van der Waals surface area contributed by atoms with E-state index in [9.17, 15) is 4.79 Å². The van der Waals surface area contributed by atoms with E-state index in [4.69, 9.17) is 4.74 Å². The molecule has 4 rings (SSSR count). The maximum Gasteiger partial charge on any atom is 0.360 e. The lowest BCUT2D eigenvalue weighted by Gasteiger charge is -2.25. The minimum atomic E-state index is -0.941. The lowest BCUT2D eigenvalue weighted by molar-refractivity contribution is 0.0262. The van der Waals surface area contributed by atoms with Crippen molar-refractivity contribution in [3.05, 3.63) is 68.6 Å². The summed E-state index contributed by atoms with van der Waals surface area (Å²) < 4.78 is 5.77. The first-order chi connectivity index (χ1) is 9.82. The van der Waals surface area contributed by atoms with Crippen molar-refractivity contribution in [2.75, 3.05) is 0 Å². The molecule has 0 aromatic carbocycles. The molecule has 0 saturated carbocycles. The molecule has 0 spiro atoms. The van der Waals surface area contributed by atoms with Gasteiger partial charge in [0.1, 0.15) is 5.69 Å². The lowest BCUT2D eigenvalue weighted by atomic mass is 9.95. The number of cyclic esters (lactones) is 1. The Bertz CT molecular complexity index is 732. The highest BCUT2D eigenvalue weighted by Crippen LogP contribution is 2.48. The van der Waals surface area contributed by atoms with E-state index in [1.807, 2.05) is 35.0 Å². The minimum Gasteiger partial charge on any atom is -0.436 e. The third-order valence-electron chi connectivity index (χ3n) is 3.21. The van der Waals surface area contributed by atoms with Crippen molar-refractivity contribution in [2.24, 2.45) is 0 Å². The molecule has 3 aromatic rings. The maximum absolute atomic E-state index is 12.2. The Morgan fingerprint density at radius 1 is 1.00 bits per heavy atom. The summed E-state index contributed by atoms with van der Waals surface area (Å²) in [5, 5.41) is 3.93. The van der Waals surface area contributed by atoms with Gasteiger partial charge in [-0.3, -0.25) is 4.98 Å². The molecule has 0 bridgehead atoms. The van der Waals surface area contributed by atoms with Crippen LogP contribution in [-0.4, -0.2) is 15.9 Å². The zero-order valence-electron chi connectivity index (χ0n) is 10.1. The van der Waals surface area contributed by atoms with E-state index in [2.05, 4.69) is 9.97 Å². The van der Waals surface area contributed by atoms with Crippen molar-refractivity contribution in [3.8, 4) is 0 Å². The van der Waals surface area contributed by atoms with E-state index in [1.165, 1.54) is 6.20 Å². The van der Waals surface area contributed by atoms with Crippen LogP contribution in [0.2, 0.25) is 0 Å². The van der Waals surface area contributed by atoms with Gasteiger partial charge in [0.15, 0.2) is 5.69 Å². The third-order valence-corrected chi connectivity index (χ3v) is 5.15. The molecule has 0 amide bonds. The van der Waals surface area contributed by atoms with Gasteiger partial charge in [-0.05, 0) is 22.9 Å². The Labute approximate surface area is 122 Å². The number of hydrogen-bond donors (Lipinski definition) is 0. The van der Waals surface area contributed by atoms with Crippen molar-refractivity contribution >= 4 is 28.6 Å². The van der Waals surface area contributed by atoms with Crippen molar-refractivity contribution in [2.45, 2.75) is 5.60 Å². The van der Waals surface area contributed by atoms with E-state index < -0.39 is 11.6 Å². The maximum atomic E-state index is 12.2. The van der Waals surface area contributed by atoms with Crippen LogP contribution < -0.4 is 0 Å². The highest BCUT2D eigenvalue weighted by Gasteiger charge is 2.52. The highest BCUT2D eigenvalue weighted by atomic mass is 32.1. The van der Waals surface area contributed by atoms with Crippen LogP contribution in [0.15, 0.2) is 47.4 Å². The van der Waals surface area contributed by atoms with Crippen LogP contribution >= 0.6 is 22.7 Å². The fourth-order valence-electron chi connectivity index (χ4n) is 2.39. The summed E-state index contributed by atoms with van der Waals surface area (Å²) in [7, 11) is 0. The molecule has 0 atom stereocenters. The largest absolute Gasteiger partial charge is 0.436 e. The van der Waals surface area contributed by atoms with E-state index in [0.29, 0.717) is 11.4 Å². The van der Waals surface area contributed by atoms with Crippen LogP contribution in [-0.2, 0) is 10.3 Å². The number of aromatic nitrogens is 2. The van der Waals surface area contributed by atoms with Gasteiger partial charge >= 0.3 is 5.97 Å². The molecule has 98 valence electrons. The molecule has 0 unspecified atom stereocenters. The first kappa shape index (κ1) is 11.7. The molecule has 3 aromatic heterocycles. The standard InChI is InChI=1S/C14H8N2O2S2/c17-13-11-12(16-6-5-15-11)14(18-13,9-3-1-7-19-9)10-4-2-8-20-10/h1-8H. The fraction of sp³-hybridized carbons (Fsp3) is 0.0714. The summed E-state index contributed by atoms with van der Waals surface area (Å²) in [5.41, 5.74) is -0.0626. The number of nitrogens with zero attached hydrogens (tertiary/aromatic N) is 2. The van der Waals surface area contributed by atoms with E-state index in [0.717, 1.165) is 9.75 Å². The Hall–Kier alpha value is -2.05. The average molecular weight is 300 g/mol. The number of carbonyl (C=O) groups is 1. The van der Waals surface area contributed by atoms with Gasteiger partial charge < -0.3 is 4.74 Å². The molecule has 4 heterocycles. The van der Waals surface area contributed by atoms with E-state index in [1.54, 1.807) is 28.9 Å². The molecule has 6 heteroatoms. The molecule has 20 heavy (non-hydrogen) atoms. The molecule has 0 radical (unpaired) electrons. The Morgan fingerprint density at radius 3 is 2.25 bits per heavy atom.